The van der Waals surface area contributed by atoms with Crippen LogP contribution < -0.4 is 15.2 Å². The van der Waals surface area contributed by atoms with Crippen LogP contribution in [0, 0.1) is 0 Å². The second-order valence-electron chi connectivity index (χ2n) is 4.30. The molecule has 7 heteroatoms. The summed E-state index contributed by atoms with van der Waals surface area (Å²) in [6.45, 7) is 2.20. The van der Waals surface area contributed by atoms with Gasteiger partial charge < -0.3 is 15.2 Å². The predicted octanol–water partition coefficient (Wildman–Crippen LogP) is 2.89. The van der Waals surface area contributed by atoms with E-state index >= 15 is 0 Å². The number of ether oxygens (including phenoxy) is 3. The number of rotatable bonds is 9. The second-order valence-corrected chi connectivity index (χ2v) is 4.30. The SMILES string of the molecule is CCCOc1ccc(CCN)c(OCCOC(F)(F)F)c1. The highest BCUT2D eigenvalue weighted by Crippen LogP contribution is 2.26. The monoisotopic (exact) mass is 307 g/mol. The lowest BCUT2D eigenvalue weighted by Crippen LogP contribution is -2.18. The van der Waals surface area contributed by atoms with Gasteiger partial charge in [0.05, 0.1) is 13.2 Å². The molecule has 0 fully saturated rings. The minimum absolute atomic E-state index is 0.200. The standard InChI is InChI=1S/C14H20F3NO3/c1-2-7-19-12-4-3-11(5-6-18)13(10-12)20-8-9-21-14(15,16)17/h3-4,10H,2,5-9,18H2,1H3. The lowest BCUT2D eigenvalue weighted by atomic mass is 10.1. The Balaban J connectivity index is 2.62. The molecule has 2 N–H and O–H groups in total. The molecule has 1 aromatic rings. The van der Waals surface area contributed by atoms with Gasteiger partial charge in [-0.15, -0.1) is 13.2 Å². The quantitative estimate of drug-likeness (QED) is 0.713. The van der Waals surface area contributed by atoms with Gasteiger partial charge in [0.25, 0.3) is 0 Å². The van der Waals surface area contributed by atoms with Gasteiger partial charge in [0, 0.05) is 6.07 Å². The number of alkyl halides is 3. The molecule has 0 aromatic heterocycles. The van der Waals surface area contributed by atoms with Crippen molar-refractivity contribution in [3.63, 3.8) is 0 Å². The summed E-state index contributed by atoms with van der Waals surface area (Å²) < 4.78 is 50.1. The summed E-state index contributed by atoms with van der Waals surface area (Å²) in [5.41, 5.74) is 6.33. The summed E-state index contributed by atoms with van der Waals surface area (Å²) in [4.78, 5) is 0. The van der Waals surface area contributed by atoms with Crippen molar-refractivity contribution in [2.24, 2.45) is 5.73 Å². The first-order valence-electron chi connectivity index (χ1n) is 6.75. The molecule has 0 unspecified atom stereocenters. The van der Waals surface area contributed by atoms with Crippen molar-refractivity contribution in [1.29, 1.82) is 0 Å². The Bertz CT molecular complexity index is 424. The van der Waals surface area contributed by atoms with E-state index in [1.165, 1.54) is 0 Å². The highest BCUT2D eigenvalue weighted by Gasteiger charge is 2.28. The van der Waals surface area contributed by atoms with Crippen LogP contribution in [0.5, 0.6) is 11.5 Å². The maximum atomic E-state index is 11.9. The van der Waals surface area contributed by atoms with Gasteiger partial charge in [0.1, 0.15) is 18.1 Å². The van der Waals surface area contributed by atoms with Crippen molar-refractivity contribution in [1.82, 2.24) is 0 Å². The van der Waals surface area contributed by atoms with Crippen molar-refractivity contribution in [2.45, 2.75) is 26.1 Å². The second kappa shape index (κ2) is 8.74. The van der Waals surface area contributed by atoms with Crippen molar-refractivity contribution < 1.29 is 27.4 Å². The zero-order valence-corrected chi connectivity index (χ0v) is 11.9. The van der Waals surface area contributed by atoms with Crippen LogP contribution in [0.2, 0.25) is 0 Å². The minimum atomic E-state index is -4.64. The predicted molar refractivity (Wildman–Crippen MR) is 72.5 cm³/mol. The highest BCUT2D eigenvalue weighted by atomic mass is 19.4. The normalized spacial score (nSPS) is 11.5. The lowest BCUT2D eigenvalue weighted by molar-refractivity contribution is -0.325. The van der Waals surface area contributed by atoms with Gasteiger partial charge in [-0.25, -0.2) is 0 Å². The van der Waals surface area contributed by atoms with Crippen LogP contribution in [-0.2, 0) is 11.2 Å². The maximum absolute atomic E-state index is 11.9. The molecule has 0 saturated carbocycles. The summed E-state index contributed by atoms with van der Waals surface area (Å²) in [5, 5.41) is 0. The van der Waals surface area contributed by atoms with Gasteiger partial charge in [-0.2, -0.15) is 0 Å². The molecule has 0 atom stereocenters. The molecule has 0 spiro atoms. The fourth-order valence-electron chi connectivity index (χ4n) is 1.65. The fraction of sp³-hybridized carbons (Fsp3) is 0.571. The van der Waals surface area contributed by atoms with Gasteiger partial charge in [0.2, 0.25) is 0 Å². The van der Waals surface area contributed by atoms with Crippen LogP contribution in [0.15, 0.2) is 18.2 Å². The van der Waals surface area contributed by atoms with Crippen molar-refractivity contribution in [3.8, 4) is 11.5 Å². The number of benzene rings is 1. The Labute approximate surface area is 122 Å². The first-order chi connectivity index (χ1) is 9.96. The number of hydrogen-bond acceptors (Lipinski definition) is 4. The Hall–Kier alpha value is -1.47. The van der Waals surface area contributed by atoms with Crippen LogP contribution in [0.4, 0.5) is 13.2 Å². The van der Waals surface area contributed by atoms with Gasteiger partial charge in [-0.3, -0.25) is 4.74 Å². The molecule has 0 radical (unpaired) electrons. The maximum Gasteiger partial charge on any atom is 0.522 e. The molecule has 21 heavy (non-hydrogen) atoms. The van der Waals surface area contributed by atoms with E-state index in [0.717, 1.165) is 12.0 Å². The molecular formula is C14H20F3NO3. The average molecular weight is 307 g/mol. The molecule has 1 rings (SSSR count). The van der Waals surface area contributed by atoms with E-state index < -0.39 is 13.0 Å². The third-order valence-electron chi connectivity index (χ3n) is 2.53. The third-order valence-corrected chi connectivity index (χ3v) is 2.53. The fourth-order valence-corrected chi connectivity index (χ4v) is 1.65. The van der Waals surface area contributed by atoms with Gasteiger partial charge in [-0.05, 0) is 31.0 Å². The van der Waals surface area contributed by atoms with Crippen LogP contribution >= 0.6 is 0 Å². The number of nitrogens with two attached hydrogens (primary N) is 1. The molecule has 0 aliphatic heterocycles. The summed E-state index contributed by atoms with van der Waals surface area (Å²) in [7, 11) is 0. The van der Waals surface area contributed by atoms with Gasteiger partial charge in [-0.1, -0.05) is 13.0 Å². The van der Waals surface area contributed by atoms with Crippen LogP contribution in [0.25, 0.3) is 0 Å². The smallest absolute Gasteiger partial charge is 0.493 e. The van der Waals surface area contributed by atoms with Crippen LogP contribution in [0.3, 0.4) is 0 Å². The van der Waals surface area contributed by atoms with Gasteiger partial charge in [0.15, 0.2) is 0 Å². The molecule has 0 aliphatic rings. The minimum Gasteiger partial charge on any atom is -0.493 e. The van der Waals surface area contributed by atoms with E-state index in [2.05, 4.69) is 4.74 Å². The topological polar surface area (TPSA) is 53.7 Å². The molecule has 120 valence electrons. The van der Waals surface area contributed by atoms with Crippen molar-refractivity contribution in [3.05, 3.63) is 23.8 Å². The summed E-state index contributed by atoms with van der Waals surface area (Å²) in [5.74, 6) is 1.09. The zero-order chi connectivity index (χ0) is 15.7. The number of halogens is 3. The van der Waals surface area contributed by atoms with E-state index in [1.807, 2.05) is 6.92 Å². The zero-order valence-electron chi connectivity index (χ0n) is 11.9. The van der Waals surface area contributed by atoms with E-state index in [4.69, 9.17) is 15.2 Å². The summed E-state index contributed by atoms with van der Waals surface area (Å²) in [6, 6.07) is 5.26. The van der Waals surface area contributed by atoms with E-state index in [1.54, 1.807) is 18.2 Å². The highest BCUT2D eigenvalue weighted by molar-refractivity contribution is 5.41. The largest absolute Gasteiger partial charge is 0.522 e. The van der Waals surface area contributed by atoms with Crippen molar-refractivity contribution in [2.75, 3.05) is 26.4 Å². The number of hydrogen-bond donors (Lipinski definition) is 1. The molecule has 0 aliphatic carbocycles. The Kier molecular flexibility index (Phi) is 7.31. The van der Waals surface area contributed by atoms with Crippen LogP contribution in [0.1, 0.15) is 18.9 Å². The molecule has 0 heterocycles. The molecule has 0 amide bonds. The Morgan fingerprint density at radius 1 is 1.10 bits per heavy atom. The summed E-state index contributed by atoms with van der Waals surface area (Å²) >= 11 is 0. The van der Waals surface area contributed by atoms with E-state index in [-0.39, 0.29) is 6.61 Å². The third kappa shape index (κ3) is 7.19. The molecule has 0 bridgehead atoms. The molecule has 1 aromatic carbocycles. The molecular weight excluding hydrogens is 287 g/mol. The summed E-state index contributed by atoms with van der Waals surface area (Å²) in [6.07, 6.45) is -3.21. The lowest BCUT2D eigenvalue weighted by Gasteiger charge is -2.14. The molecule has 4 nitrogen and oxygen atoms in total. The van der Waals surface area contributed by atoms with Crippen LogP contribution in [-0.4, -0.2) is 32.7 Å². The Morgan fingerprint density at radius 3 is 2.48 bits per heavy atom. The van der Waals surface area contributed by atoms with E-state index in [9.17, 15) is 13.2 Å². The first-order valence-corrected chi connectivity index (χ1v) is 6.75. The molecule has 0 saturated heterocycles. The van der Waals surface area contributed by atoms with Gasteiger partial charge >= 0.3 is 6.36 Å². The van der Waals surface area contributed by atoms with Crippen molar-refractivity contribution >= 4 is 0 Å². The Morgan fingerprint density at radius 2 is 1.86 bits per heavy atom. The first kappa shape index (κ1) is 17.6. The average Bonchev–Trinajstić information content (AvgIpc) is 2.42. The van der Waals surface area contributed by atoms with E-state index in [0.29, 0.717) is 31.1 Å².